The van der Waals surface area contributed by atoms with E-state index in [0.29, 0.717) is 11.3 Å². The SMILES string of the molecule is CC.CC.CC.CC.CC.Cc1cccc(-c2cnc(C(F)(F)F)cn2)c1.Cc1cccc(-c2cnc(C(F)(F)F)nc2)c1. The molecule has 10 heteroatoms. The Hall–Kier alpha value is -3.82. The molecule has 0 N–H and O–H groups in total. The van der Waals surface area contributed by atoms with E-state index in [2.05, 4.69) is 19.9 Å². The number of benzene rings is 2. The monoisotopic (exact) mass is 626 g/mol. The third kappa shape index (κ3) is 16.7. The smallest absolute Gasteiger partial charge is 0.252 e. The molecule has 0 spiro atoms. The minimum Gasteiger partial charge on any atom is -0.252 e. The topological polar surface area (TPSA) is 51.6 Å². The van der Waals surface area contributed by atoms with E-state index >= 15 is 0 Å². The average Bonchev–Trinajstić information content (AvgIpc) is 3.05. The minimum atomic E-state index is -4.49. The van der Waals surface area contributed by atoms with Gasteiger partial charge in [-0.3, -0.25) is 4.98 Å². The van der Waals surface area contributed by atoms with Crippen molar-refractivity contribution in [1.29, 1.82) is 0 Å². The zero-order chi connectivity index (χ0) is 34.9. The number of rotatable bonds is 2. The van der Waals surface area contributed by atoms with Crippen LogP contribution in [0.4, 0.5) is 26.3 Å². The summed E-state index contributed by atoms with van der Waals surface area (Å²) in [7, 11) is 0. The quantitative estimate of drug-likeness (QED) is 0.208. The maximum atomic E-state index is 12.3. The molecule has 0 fully saturated rings. The maximum Gasteiger partial charge on any atom is 0.451 e. The Morgan fingerprint density at radius 3 is 1.25 bits per heavy atom. The van der Waals surface area contributed by atoms with Gasteiger partial charge in [0, 0.05) is 23.5 Å². The van der Waals surface area contributed by atoms with Gasteiger partial charge in [-0.05, 0) is 25.5 Å². The molecule has 0 radical (unpaired) electrons. The zero-order valence-electron chi connectivity index (χ0n) is 28.0. The summed E-state index contributed by atoms with van der Waals surface area (Å²) in [4.78, 5) is 13.8. The van der Waals surface area contributed by atoms with Crippen LogP contribution in [0, 0.1) is 13.8 Å². The number of alkyl halides is 6. The van der Waals surface area contributed by atoms with Gasteiger partial charge in [0.1, 0.15) is 0 Å². The van der Waals surface area contributed by atoms with E-state index in [-0.39, 0.29) is 0 Å². The molecule has 4 aromatic rings. The van der Waals surface area contributed by atoms with Crippen LogP contribution < -0.4 is 0 Å². The average molecular weight is 627 g/mol. The Morgan fingerprint density at radius 1 is 0.455 bits per heavy atom. The van der Waals surface area contributed by atoms with Gasteiger partial charge >= 0.3 is 12.4 Å². The highest BCUT2D eigenvalue weighted by Crippen LogP contribution is 2.28. The highest BCUT2D eigenvalue weighted by molar-refractivity contribution is 5.62. The molecule has 4 rings (SSSR count). The first-order valence-corrected chi connectivity index (χ1v) is 14.9. The van der Waals surface area contributed by atoms with E-state index in [1.807, 2.05) is 119 Å². The third-order valence-corrected chi connectivity index (χ3v) is 4.51. The van der Waals surface area contributed by atoms with Gasteiger partial charge in [-0.1, -0.05) is 123 Å². The van der Waals surface area contributed by atoms with Crippen LogP contribution in [-0.4, -0.2) is 19.9 Å². The molecular weight excluding hydrogens is 578 g/mol. The van der Waals surface area contributed by atoms with Crippen LogP contribution in [0.3, 0.4) is 0 Å². The summed E-state index contributed by atoms with van der Waals surface area (Å²) in [6.07, 6.45) is -4.69. The number of hydrogen-bond acceptors (Lipinski definition) is 4. The molecule has 0 saturated heterocycles. The van der Waals surface area contributed by atoms with Crippen LogP contribution in [0.2, 0.25) is 0 Å². The summed E-state index contributed by atoms with van der Waals surface area (Å²) in [6.45, 7) is 23.8. The van der Waals surface area contributed by atoms with Gasteiger partial charge in [0.15, 0.2) is 5.69 Å². The van der Waals surface area contributed by atoms with Gasteiger partial charge in [-0.2, -0.15) is 26.3 Å². The van der Waals surface area contributed by atoms with Crippen LogP contribution in [0.5, 0.6) is 0 Å². The van der Waals surface area contributed by atoms with E-state index in [4.69, 9.17) is 0 Å². The van der Waals surface area contributed by atoms with Gasteiger partial charge in [-0.25, -0.2) is 15.0 Å². The molecule has 246 valence electrons. The fourth-order valence-electron chi connectivity index (χ4n) is 2.88. The van der Waals surface area contributed by atoms with Gasteiger partial charge in [-0.15, -0.1) is 0 Å². The third-order valence-electron chi connectivity index (χ3n) is 4.51. The van der Waals surface area contributed by atoms with Crippen molar-refractivity contribution in [2.75, 3.05) is 0 Å². The van der Waals surface area contributed by atoms with Crippen molar-refractivity contribution in [1.82, 2.24) is 19.9 Å². The molecule has 0 unspecified atom stereocenters. The standard InChI is InChI=1S/2C12H9F3N2.5C2H6/c1-8-3-2-4-9(5-8)10-6-17-11(7-16-10)12(13,14)15;1-8-3-2-4-9(5-8)10-6-16-11(17-7-10)12(13,14)15;5*1-2/h2*2-7H,1H3;5*1-2H3. The summed E-state index contributed by atoms with van der Waals surface area (Å²) >= 11 is 0. The van der Waals surface area contributed by atoms with Crippen molar-refractivity contribution in [3.63, 3.8) is 0 Å². The largest absolute Gasteiger partial charge is 0.451 e. The second kappa shape index (κ2) is 24.6. The second-order valence-electron chi connectivity index (χ2n) is 7.32. The molecule has 2 aromatic carbocycles. The maximum absolute atomic E-state index is 12.3. The fourth-order valence-corrected chi connectivity index (χ4v) is 2.88. The van der Waals surface area contributed by atoms with E-state index in [1.54, 1.807) is 12.1 Å². The lowest BCUT2D eigenvalue weighted by molar-refractivity contribution is -0.145. The Kier molecular flexibility index (Phi) is 24.9. The van der Waals surface area contributed by atoms with Crippen LogP contribution >= 0.6 is 0 Å². The Bertz CT molecular complexity index is 1140. The first-order valence-electron chi connectivity index (χ1n) is 14.9. The Morgan fingerprint density at radius 2 is 0.886 bits per heavy atom. The molecular formula is C34H48F6N4. The normalized spacial score (nSPS) is 9.59. The number of hydrogen-bond donors (Lipinski definition) is 0. The molecule has 2 aromatic heterocycles. The van der Waals surface area contributed by atoms with Gasteiger partial charge in [0.2, 0.25) is 5.82 Å². The summed E-state index contributed by atoms with van der Waals surface area (Å²) in [5, 5.41) is 0. The van der Waals surface area contributed by atoms with Crippen molar-refractivity contribution in [3.05, 3.63) is 96.0 Å². The van der Waals surface area contributed by atoms with Crippen molar-refractivity contribution < 1.29 is 26.3 Å². The summed E-state index contributed by atoms with van der Waals surface area (Å²) < 4.78 is 73.6. The summed E-state index contributed by atoms with van der Waals surface area (Å²) in [6, 6.07) is 14.8. The predicted molar refractivity (Wildman–Crippen MR) is 171 cm³/mol. The first-order chi connectivity index (χ1) is 20.9. The van der Waals surface area contributed by atoms with Gasteiger partial charge in [0.05, 0.1) is 18.1 Å². The van der Waals surface area contributed by atoms with Crippen molar-refractivity contribution in [3.8, 4) is 22.4 Å². The fraction of sp³-hybridized carbons (Fsp3) is 0.412. The van der Waals surface area contributed by atoms with E-state index in [1.165, 1.54) is 12.4 Å². The second-order valence-corrected chi connectivity index (χ2v) is 7.32. The molecule has 0 aliphatic rings. The number of aromatic nitrogens is 4. The van der Waals surface area contributed by atoms with Crippen molar-refractivity contribution >= 4 is 0 Å². The molecule has 0 aliphatic heterocycles. The highest BCUT2D eigenvalue weighted by Gasteiger charge is 2.34. The molecule has 0 amide bonds. The summed E-state index contributed by atoms with van der Waals surface area (Å²) in [5.41, 5.74) is 3.63. The molecule has 2 heterocycles. The summed E-state index contributed by atoms with van der Waals surface area (Å²) in [5.74, 6) is -1.12. The van der Waals surface area contributed by atoms with E-state index in [0.717, 1.165) is 34.6 Å². The van der Waals surface area contributed by atoms with Crippen LogP contribution in [0.15, 0.2) is 73.3 Å². The number of halogens is 6. The van der Waals surface area contributed by atoms with Crippen LogP contribution in [0.25, 0.3) is 22.4 Å². The Labute approximate surface area is 260 Å². The molecule has 44 heavy (non-hydrogen) atoms. The van der Waals surface area contributed by atoms with Crippen molar-refractivity contribution in [2.24, 2.45) is 0 Å². The van der Waals surface area contributed by atoms with Gasteiger partial charge in [0.25, 0.3) is 0 Å². The lowest BCUT2D eigenvalue weighted by Crippen LogP contribution is -2.10. The molecule has 0 atom stereocenters. The first kappa shape index (κ1) is 44.6. The van der Waals surface area contributed by atoms with Gasteiger partial charge < -0.3 is 0 Å². The van der Waals surface area contributed by atoms with Crippen LogP contribution in [0.1, 0.15) is 91.9 Å². The number of aryl methyl sites for hydroxylation is 2. The minimum absolute atomic E-state index is 0.432. The van der Waals surface area contributed by atoms with Crippen LogP contribution in [-0.2, 0) is 12.4 Å². The van der Waals surface area contributed by atoms with E-state index < -0.39 is 23.9 Å². The molecule has 0 aliphatic carbocycles. The highest BCUT2D eigenvalue weighted by atomic mass is 19.4. The zero-order valence-corrected chi connectivity index (χ0v) is 28.0. The molecule has 0 bridgehead atoms. The lowest BCUT2D eigenvalue weighted by Gasteiger charge is -2.06. The lowest BCUT2D eigenvalue weighted by atomic mass is 10.1. The van der Waals surface area contributed by atoms with E-state index in [9.17, 15) is 26.3 Å². The van der Waals surface area contributed by atoms with Crippen molar-refractivity contribution in [2.45, 2.75) is 95.4 Å². The molecule has 4 nitrogen and oxygen atoms in total. The Balaban J connectivity index is -0.000000595. The predicted octanol–water partition coefficient (Wildman–Crippen LogP) is 12.1. The number of nitrogens with zero attached hydrogens (tertiary/aromatic N) is 4. The molecule has 0 saturated carbocycles.